The number of nitrogens with two attached hydrogens (primary N) is 1. The highest BCUT2D eigenvalue weighted by molar-refractivity contribution is 6.32. The molecule has 37 heavy (non-hydrogen) atoms. The first kappa shape index (κ1) is 30.2. The number of nitrogens with one attached hydrogen (secondary N) is 1. The second-order valence-electron chi connectivity index (χ2n) is 7.90. The third kappa shape index (κ3) is 11.7. The maximum absolute atomic E-state index is 5.90. The molecule has 0 spiro atoms. The summed E-state index contributed by atoms with van der Waals surface area (Å²) in [6, 6.07) is 23.0. The SMILES string of the molecule is COc1ccc(CN)cc1.COc1ccc(CNc2cc(C)cc(Cl)n2)cc1.Cc1cc(Cl)nc(Cl)c1. The molecule has 0 bridgehead atoms. The molecule has 0 aliphatic heterocycles. The predicted octanol–water partition coefficient (Wildman–Crippen LogP) is 7.51. The number of aromatic nitrogens is 2. The Morgan fingerprint density at radius 3 is 1.51 bits per heavy atom. The molecule has 0 atom stereocenters. The van der Waals surface area contributed by atoms with Crippen LogP contribution in [-0.2, 0) is 13.1 Å². The number of hydrogen-bond donors (Lipinski definition) is 2. The van der Waals surface area contributed by atoms with Gasteiger partial charge in [0.25, 0.3) is 0 Å². The number of benzene rings is 2. The van der Waals surface area contributed by atoms with E-state index >= 15 is 0 Å². The Hall–Kier alpha value is -3.03. The fourth-order valence-electron chi connectivity index (χ4n) is 3.00. The second kappa shape index (κ2) is 15.9. The van der Waals surface area contributed by atoms with Crippen LogP contribution >= 0.6 is 34.8 Å². The average Bonchev–Trinajstić information content (AvgIpc) is 2.87. The van der Waals surface area contributed by atoms with Gasteiger partial charge in [0.2, 0.25) is 0 Å². The lowest BCUT2D eigenvalue weighted by atomic mass is 10.2. The Kier molecular flexibility index (Phi) is 13.0. The molecule has 0 amide bonds. The van der Waals surface area contributed by atoms with Crippen molar-refractivity contribution in [2.75, 3.05) is 19.5 Å². The summed E-state index contributed by atoms with van der Waals surface area (Å²) in [5.74, 6) is 2.52. The van der Waals surface area contributed by atoms with Gasteiger partial charge < -0.3 is 20.5 Å². The zero-order chi connectivity index (χ0) is 27.2. The van der Waals surface area contributed by atoms with E-state index in [1.807, 2.05) is 74.5 Å². The van der Waals surface area contributed by atoms with Gasteiger partial charge >= 0.3 is 0 Å². The fraction of sp³-hybridized carbons (Fsp3) is 0.214. The molecular weight excluding hydrogens is 531 g/mol. The number of nitrogens with zero attached hydrogens (tertiary/aromatic N) is 2. The van der Waals surface area contributed by atoms with Crippen LogP contribution in [0.1, 0.15) is 22.3 Å². The van der Waals surface area contributed by atoms with Crippen molar-refractivity contribution in [3.05, 3.63) is 111 Å². The van der Waals surface area contributed by atoms with E-state index in [4.69, 9.17) is 50.0 Å². The van der Waals surface area contributed by atoms with Gasteiger partial charge in [-0.05, 0) is 84.6 Å². The van der Waals surface area contributed by atoms with Gasteiger partial charge in [0.05, 0.1) is 14.2 Å². The van der Waals surface area contributed by atoms with Gasteiger partial charge in [0.15, 0.2) is 0 Å². The molecule has 0 fully saturated rings. The Bertz CT molecular complexity index is 1140. The molecule has 0 saturated carbocycles. The number of rotatable bonds is 6. The first-order chi connectivity index (χ1) is 17.7. The van der Waals surface area contributed by atoms with Crippen LogP contribution in [0.3, 0.4) is 0 Å². The van der Waals surface area contributed by atoms with Gasteiger partial charge in [-0.2, -0.15) is 0 Å². The molecule has 0 aliphatic rings. The molecule has 0 radical (unpaired) electrons. The minimum absolute atomic E-state index is 0.444. The summed E-state index contributed by atoms with van der Waals surface area (Å²) in [4.78, 5) is 7.98. The van der Waals surface area contributed by atoms with E-state index < -0.39 is 0 Å². The number of ether oxygens (including phenoxy) is 2. The van der Waals surface area contributed by atoms with E-state index in [2.05, 4.69) is 15.3 Å². The predicted molar refractivity (Wildman–Crippen MR) is 154 cm³/mol. The van der Waals surface area contributed by atoms with Crippen LogP contribution in [0, 0.1) is 13.8 Å². The maximum atomic E-state index is 5.90. The molecule has 0 aliphatic carbocycles. The van der Waals surface area contributed by atoms with Crippen molar-refractivity contribution in [3.8, 4) is 11.5 Å². The highest BCUT2D eigenvalue weighted by Crippen LogP contribution is 2.16. The van der Waals surface area contributed by atoms with Crippen LogP contribution in [0.4, 0.5) is 5.82 Å². The number of anilines is 1. The molecule has 4 aromatic rings. The molecule has 2 heterocycles. The molecule has 4 rings (SSSR count). The Labute approximate surface area is 233 Å². The van der Waals surface area contributed by atoms with Crippen molar-refractivity contribution in [1.82, 2.24) is 9.97 Å². The van der Waals surface area contributed by atoms with Crippen molar-refractivity contribution in [1.29, 1.82) is 0 Å². The second-order valence-corrected chi connectivity index (χ2v) is 9.06. The summed E-state index contributed by atoms with van der Waals surface area (Å²) in [5, 5.41) is 4.64. The van der Waals surface area contributed by atoms with Gasteiger partial charge in [-0.25, -0.2) is 9.97 Å². The zero-order valence-electron chi connectivity index (χ0n) is 21.3. The molecule has 6 nitrogen and oxygen atoms in total. The summed E-state index contributed by atoms with van der Waals surface area (Å²) in [7, 11) is 3.31. The molecule has 0 saturated heterocycles. The van der Waals surface area contributed by atoms with Crippen molar-refractivity contribution in [2.24, 2.45) is 5.73 Å². The zero-order valence-corrected chi connectivity index (χ0v) is 23.5. The first-order valence-electron chi connectivity index (χ1n) is 11.4. The molecule has 2 aromatic carbocycles. The van der Waals surface area contributed by atoms with E-state index in [0.717, 1.165) is 39.6 Å². The summed E-state index contributed by atoms with van der Waals surface area (Å²) in [6.45, 7) is 5.20. The summed E-state index contributed by atoms with van der Waals surface area (Å²) < 4.78 is 10.1. The van der Waals surface area contributed by atoms with Crippen LogP contribution in [-0.4, -0.2) is 24.2 Å². The lowest BCUT2D eigenvalue weighted by molar-refractivity contribution is 0.414. The highest BCUT2D eigenvalue weighted by atomic mass is 35.5. The summed E-state index contributed by atoms with van der Waals surface area (Å²) in [5.41, 5.74) is 9.81. The van der Waals surface area contributed by atoms with Gasteiger partial charge in [-0.3, -0.25) is 0 Å². The van der Waals surface area contributed by atoms with E-state index in [-0.39, 0.29) is 0 Å². The van der Waals surface area contributed by atoms with Gasteiger partial charge in [-0.1, -0.05) is 59.1 Å². The van der Waals surface area contributed by atoms with Gasteiger partial charge in [0, 0.05) is 13.1 Å². The molecule has 3 N–H and O–H groups in total. The quantitative estimate of drug-likeness (QED) is 0.237. The summed E-state index contributed by atoms with van der Waals surface area (Å²) in [6.07, 6.45) is 0. The third-order valence-electron chi connectivity index (χ3n) is 4.87. The standard InChI is InChI=1S/C14H15ClN2O.C8H11NO.C6H5Cl2N/c1-10-7-13(15)17-14(8-10)16-9-11-3-5-12(18-2)6-4-11;1-10-8-4-2-7(6-9)3-5-8;1-4-2-5(7)9-6(8)3-4/h3-8H,9H2,1-2H3,(H,16,17);2-5H,6,9H2,1H3;2-3H,1H3. The van der Waals surface area contributed by atoms with Crippen molar-refractivity contribution < 1.29 is 9.47 Å². The Morgan fingerprint density at radius 1 is 0.676 bits per heavy atom. The molecule has 0 unspecified atom stereocenters. The molecular formula is C28H31Cl3N4O2. The van der Waals surface area contributed by atoms with Gasteiger partial charge in [0.1, 0.15) is 32.8 Å². The van der Waals surface area contributed by atoms with E-state index in [0.29, 0.717) is 28.5 Å². The number of halogens is 3. The van der Waals surface area contributed by atoms with Crippen LogP contribution in [0.25, 0.3) is 0 Å². The van der Waals surface area contributed by atoms with Crippen molar-refractivity contribution in [2.45, 2.75) is 26.9 Å². The van der Waals surface area contributed by atoms with Gasteiger partial charge in [-0.15, -0.1) is 0 Å². The number of methoxy groups -OCH3 is 2. The smallest absolute Gasteiger partial charge is 0.131 e. The molecule has 196 valence electrons. The molecule has 2 aromatic heterocycles. The molecule has 9 heteroatoms. The van der Waals surface area contributed by atoms with Crippen molar-refractivity contribution >= 4 is 40.6 Å². The first-order valence-corrected chi connectivity index (χ1v) is 12.5. The number of pyridine rings is 2. The number of hydrogen-bond acceptors (Lipinski definition) is 6. The van der Waals surface area contributed by atoms with Crippen LogP contribution < -0.4 is 20.5 Å². The van der Waals surface area contributed by atoms with Crippen LogP contribution in [0.2, 0.25) is 15.5 Å². The number of aryl methyl sites for hydroxylation is 2. The highest BCUT2D eigenvalue weighted by Gasteiger charge is 1.99. The average molecular weight is 562 g/mol. The normalized spacial score (nSPS) is 9.84. The minimum atomic E-state index is 0.444. The van der Waals surface area contributed by atoms with Crippen molar-refractivity contribution in [3.63, 3.8) is 0 Å². The topological polar surface area (TPSA) is 82.3 Å². The lowest BCUT2D eigenvalue weighted by Gasteiger charge is -2.07. The lowest BCUT2D eigenvalue weighted by Crippen LogP contribution is -2.01. The summed E-state index contributed by atoms with van der Waals surface area (Å²) >= 11 is 17.0. The fourth-order valence-corrected chi connectivity index (χ4v) is 3.83. The maximum Gasteiger partial charge on any atom is 0.131 e. The monoisotopic (exact) mass is 560 g/mol. The Balaban J connectivity index is 0.000000214. The Morgan fingerprint density at radius 2 is 1.11 bits per heavy atom. The van der Waals surface area contributed by atoms with Crippen LogP contribution in [0.15, 0.2) is 72.8 Å². The third-order valence-corrected chi connectivity index (χ3v) is 5.45. The van der Waals surface area contributed by atoms with E-state index in [1.165, 1.54) is 0 Å². The van der Waals surface area contributed by atoms with Crippen LogP contribution in [0.5, 0.6) is 11.5 Å². The largest absolute Gasteiger partial charge is 0.497 e. The van der Waals surface area contributed by atoms with E-state index in [9.17, 15) is 0 Å². The van der Waals surface area contributed by atoms with E-state index in [1.54, 1.807) is 26.4 Å². The minimum Gasteiger partial charge on any atom is -0.497 e.